The van der Waals surface area contributed by atoms with E-state index in [2.05, 4.69) is 6.92 Å². The van der Waals surface area contributed by atoms with Gasteiger partial charge in [-0.25, -0.2) is 0 Å². The van der Waals surface area contributed by atoms with Crippen molar-refractivity contribution in [1.82, 2.24) is 4.90 Å². The smallest absolute Gasteiger partial charge is 0.254 e. The normalized spacial score (nSPS) is 11.4. The molecule has 0 aliphatic rings. The Balaban J connectivity index is 0.00000529. The van der Waals surface area contributed by atoms with E-state index in [1.807, 2.05) is 13.8 Å². The Labute approximate surface area is 155 Å². The summed E-state index contributed by atoms with van der Waals surface area (Å²) in [6, 6.07) is 3.24. The van der Waals surface area contributed by atoms with Gasteiger partial charge in [0.05, 0.1) is 18.2 Å². The largest absolute Gasteiger partial charge is 0.490 e. The van der Waals surface area contributed by atoms with Gasteiger partial charge in [-0.05, 0) is 32.4 Å². The molecule has 7 heteroatoms. The Morgan fingerprint density at radius 3 is 2.54 bits per heavy atom. The van der Waals surface area contributed by atoms with Crippen molar-refractivity contribution in [2.45, 2.75) is 39.7 Å². The van der Waals surface area contributed by atoms with Crippen LogP contribution in [0.5, 0.6) is 11.5 Å². The number of ether oxygens (including phenoxy) is 2. The fourth-order valence-corrected chi connectivity index (χ4v) is 2.24. The number of hydrogen-bond donors (Lipinski definition) is 1. The number of carbonyl (C=O) groups excluding carboxylic acids is 1. The van der Waals surface area contributed by atoms with Crippen LogP contribution in [-0.4, -0.2) is 43.7 Å². The van der Waals surface area contributed by atoms with Gasteiger partial charge in [-0.1, -0.05) is 24.9 Å². The fraction of sp³-hybridized carbons (Fsp3) is 0.588. The number of unbranched alkanes of at least 4 members (excludes halogenated alkanes) is 1. The number of nitrogens with zero attached hydrogens (tertiary/aromatic N) is 1. The summed E-state index contributed by atoms with van der Waals surface area (Å²) in [6.45, 7) is 7.28. The molecule has 24 heavy (non-hydrogen) atoms. The Bertz CT molecular complexity index is 527. The first-order chi connectivity index (χ1) is 11.0. The summed E-state index contributed by atoms with van der Waals surface area (Å²) in [7, 11) is 1.72. The van der Waals surface area contributed by atoms with Gasteiger partial charge in [0.2, 0.25) is 0 Å². The van der Waals surface area contributed by atoms with Gasteiger partial charge in [-0.15, -0.1) is 12.4 Å². The minimum absolute atomic E-state index is 0. The molecule has 138 valence electrons. The van der Waals surface area contributed by atoms with Gasteiger partial charge in [0.15, 0.2) is 11.5 Å². The van der Waals surface area contributed by atoms with Crippen LogP contribution in [-0.2, 0) is 0 Å². The van der Waals surface area contributed by atoms with E-state index in [4.69, 9.17) is 26.8 Å². The zero-order valence-corrected chi connectivity index (χ0v) is 16.4. The first-order valence-electron chi connectivity index (χ1n) is 8.02. The van der Waals surface area contributed by atoms with E-state index in [1.54, 1.807) is 24.1 Å². The van der Waals surface area contributed by atoms with Gasteiger partial charge in [0.1, 0.15) is 0 Å². The standard InChI is InChI=1S/C17H27ClN2O3.ClH/c1-5-7-8-23-16-14(18)9-13(10-15(16)22-6-2)17(21)20(4)12(3)11-19;/h9-10,12H,5-8,11,19H2,1-4H3;1H. The molecule has 1 unspecified atom stereocenters. The SMILES string of the molecule is CCCCOc1c(Cl)cc(C(=O)N(C)C(C)CN)cc1OCC.Cl. The molecule has 0 heterocycles. The molecule has 0 spiro atoms. The highest BCUT2D eigenvalue weighted by molar-refractivity contribution is 6.32. The van der Waals surface area contributed by atoms with Gasteiger partial charge >= 0.3 is 0 Å². The molecule has 2 N–H and O–H groups in total. The number of likely N-dealkylation sites (N-methyl/N-ethyl adjacent to an activating group) is 1. The van der Waals surface area contributed by atoms with Crippen LogP contribution in [0.2, 0.25) is 5.02 Å². The van der Waals surface area contributed by atoms with Crippen LogP contribution in [0.3, 0.4) is 0 Å². The highest BCUT2D eigenvalue weighted by atomic mass is 35.5. The Morgan fingerprint density at radius 1 is 1.33 bits per heavy atom. The van der Waals surface area contributed by atoms with Crippen LogP contribution in [0.1, 0.15) is 44.0 Å². The molecule has 5 nitrogen and oxygen atoms in total. The molecular weight excluding hydrogens is 351 g/mol. The molecule has 0 saturated heterocycles. The minimum atomic E-state index is -0.147. The predicted molar refractivity (Wildman–Crippen MR) is 101 cm³/mol. The molecule has 0 radical (unpaired) electrons. The van der Waals surface area contributed by atoms with Crippen molar-refractivity contribution in [2.75, 3.05) is 26.8 Å². The lowest BCUT2D eigenvalue weighted by atomic mass is 10.1. The van der Waals surface area contributed by atoms with E-state index in [0.29, 0.717) is 41.8 Å². The molecule has 1 aromatic carbocycles. The molecule has 0 bridgehead atoms. The number of carbonyl (C=O) groups is 1. The summed E-state index contributed by atoms with van der Waals surface area (Å²) in [5.74, 6) is 0.840. The summed E-state index contributed by atoms with van der Waals surface area (Å²) >= 11 is 6.31. The Morgan fingerprint density at radius 2 is 2.00 bits per heavy atom. The van der Waals surface area contributed by atoms with E-state index < -0.39 is 0 Å². The van der Waals surface area contributed by atoms with E-state index in [0.717, 1.165) is 12.8 Å². The Kier molecular flexibility index (Phi) is 10.8. The summed E-state index contributed by atoms with van der Waals surface area (Å²) in [5.41, 5.74) is 6.09. The van der Waals surface area contributed by atoms with Crippen molar-refractivity contribution in [3.05, 3.63) is 22.7 Å². The molecule has 1 amide bonds. The molecule has 1 atom stereocenters. The lowest BCUT2D eigenvalue weighted by Gasteiger charge is -2.24. The number of hydrogen-bond acceptors (Lipinski definition) is 4. The van der Waals surface area contributed by atoms with E-state index in [-0.39, 0.29) is 24.4 Å². The van der Waals surface area contributed by atoms with E-state index in [9.17, 15) is 4.79 Å². The third-order valence-electron chi connectivity index (χ3n) is 3.62. The topological polar surface area (TPSA) is 64.8 Å². The first-order valence-corrected chi connectivity index (χ1v) is 8.40. The Hall–Kier alpha value is -1.17. The van der Waals surface area contributed by atoms with Crippen molar-refractivity contribution in [2.24, 2.45) is 5.73 Å². The zero-order valence-electron chi connectivity index (χ0n) is 14.8. The third-order valence-corrected chi connectivity index (χ3v) is 3.90. The van der Waals surface area contributed by atoms with Crippen LogP contribution in [0.15, 0.2) is 12.1 Å². The van der Waals surface area contributed by atoms with Crippen LogP contribution < -0.4 is 15.2 Å². The van der Waals surface area contributed by atoms with Crippen LogP contribution in [0, 0.1) is 0 Å². The molecular formula is C17H28Cl2N2O3. The number of amides is 1. The first kappa shape index (κ1) is 22.8. The molecule has 1 rings (SSSR count). The van der Waals surface area contributed by atoms with Crippen molar-refractivity contribution in [1.29, 1.82) is 0 Å². The minimum Gasteiger partial charge on any atom is -0.490 e. The molecule has 0 fully saturated rings. The lowest BCUT2D eigenvalue weighted by molar-refractivity contribution is 0.0748. The maximum Gasteiger partial charge on any atom is 0.254 e. The monoisotopic (exact) mass is 378 g/mol. The molecule has 0 aromatic heterocycles. The molecule has 0 saturated carbocycles. The van der Waals surface area contributed by atoms with E-state index >= 15 is 0 Å². The van der Waals surface area contributed by atoms with Crippen molar-refractivity contribution in [3.63, 3.8) is 0 Å². The number of halogens is 2. The zero-order chi connectivity index (χ0) is 17.4. The predicted octanol–water partition coefficient (Wildman–Crippen LogP) is 3.76. The third kappa shape index (κ3) is 6.04. The molecule has 0 aliphatic heterocycles. The van der Waals surface area contributed by atoms with Crippen LogP contribution in [0.4, 0.5) is 0 Å². The van der Waals surface area contributed by atoms with Crippen molar-refractivity contribution < 1.29 is 14.3 Å². The fourth-order valence-electron chi connectivity index (χ4n) is 1.97. The van der Waals surface area contributed by atoms with Gasteiger partial charge in [-0.3, -0.25) is 4.79 Å². The maximum absolute atomic E-state index is 12.5. The van der Waals surface area contributed by atoms with Crippen LogP contribution >= 0.6 is 24.0 Å². The summed E-state index contributed by atoms with van der Waals surface area (Å²) in [5, 5.41) is 0.379. The van der Waals surface area contributed by atoms with Crippen LogP contribution in [0.25, 0.3) is 0 Å². The second-order valence-corrected chi connectivity index (χ2v) is 5.83. The highest BCUT2D eigenvalue weighted by Gasteiger charge is 2.21. The summed E-state index contributed by atoms with van der Waals surface area (Å²) in [6.07, 6.45) is 1.96. The van der Waals surface area contributed by atoms with Gasteiger partial charge in [0.25, 0.3) is 5.91 Å². The number of rotatable bonds is 9. The van der Waals surface area contributed by atoms with Gasteiger partial charge in [0, 0.05) is 25.2 Å². The van der Waals surface area contributed by atoms with E-state index in [1.165, 1.54) is 0 Å². The number of benzene rings is 1. The second-order valence-electron chi connectivity index (χ2n) is 5.42. The molecule has 1 aromatic rings. The highest BCUT2D eigenvalue weighted by Crippen LogP contribution is 2.37. The maximum atomic E-state index is 12.5. The number of nitrogens with two attached hydrogens (primary N) is 1. The summed E-state index contributed by atoms with van der Waals surface area (Å²) in [4.78, 5) is 14.1. The average molecular weight is 379 g/mol. The average Bonchev–Trinajstić information content (AvgIpc) is 2.55. The van der Waals surface area contributed by atoms with Crippen molar-refractivity contribution >= 4 is 29.9 Å². The van der Waals surface area contributed by atoms with Gasteiger partial charge in [-0.2, -0.15) is 0 Å². The summed E-state index contributed by atoms with van der Waals surface area (Å²) < 4.78 is 11.3. The second kappa shape index (κ2) is 11.4. The van der Waals surface area contributed by atoms with Crippen molar-refractivity contribution in [3.8, 4) is 11.5 Å². The molecule has 0 aliphatic carbocycles. The lowest BCUT2D eigenvalue weighted by Crippen LogP contribution is -2.39. The quantitative estimate of drug-likeness (QED) is 0.664. The van der Waals surface area contributed by atoms with Gasteiger partial charge < -0.3 is 20.1 Å².